The lowest BCUT2D eigenvalue weighted by Gasteiger charge is -2.22. The van der Waals surface area contributed by atoms with E-state index in [-0.39, 0.29) is 6.61 Å². The maximum Gasteiger partial charge on any atom is 0.475 e. The molecule has 0 N–H and O–H groups in total. The van der Waals surface area contributed by atoms with E-state index in [1.54, 1.807) is 0 Å². The monoisotopic (exact) mass is 462 g/mol. The number of phosphoric acid groups is 1. The Morgan fingerprint density at radius 1 is 0.826 bits per heavy atom. The number of halogens is 6. The van der Waals surface area contributed by atoms with Gasteiger partial charge in [-0.2, -0.15) is 0 Å². The molecule has 1 aromatic carbocycles. The molecule has 4 nitrogen and oxygen atoms in total. The highest BCUT2D eigenvalue weighted by Gasteiger charge is 2.35. The summed E-state index contributed by atoms with van der Waals surface area (Å²) in [6, 6.07) is 9.39. The first-order valence-electron chi connectivity index (χ1n) is 6.20. The van der Waals surface area contributed by atoms with Crippen LogP contribution < -0.4 is 0 Å². The Hall–Kier alpha value is 1.07. The lowest BCUT2D eigenvalue weighted by molar-refractivity contribution is 0.117. The summed E-state index contributed by atoms with van der Waals surface area (Å²) >= 11 is 33.3. The number of hydrogen-bond donors (Lipinski definition) is 0. The van der Waals surface area contributed by atoms with Crippen LogP contribution in [-0.4, -0.2) is 27.4 Å². The molecule has 0 aromatic heterocycles. The molecule has 0 bridgehead atoms. The second-order valence-electron chi connectivity index (χ2n) is 4.29. The molecule has 1 rings (SSSR count). The quantitative estimate of drug-likeness (QED) is 0.343. The zero-order valence-electron chi connectivity index (χ0n) is 11.6. The van der Waals surface area contributed by atoms with E-state index in [4.69, 9.17) is 83.2 Å². The summed E-state index contributed by atoms with van der Waals surface area (Å²) < 4.78 is 24.0. The molecule has 0 aliphatic carbocycles. The van der Waals surface area contributed by atoms with Crippen molar-refractivity contribution in [1.82, 2.24) is 0 Å². The van der Waals surface area contributed by atoms with Crippen molar-refractivity contribution in [2.75, 3.05) is 19.8 Å². The predicted molar refractivity (Wildman–Crippen MR) is 96.2 cm³/mol. The molecule has 23 heavy (non-hydrogen) atoms. The minimum Gasteiger partial charge on any atom is -0.287 e. The van der Waals surface area contributed by atoms with E-state index in [0.717, 1.165) is 5.56 Å². The Morgan fingerprint density at radius 2 is 1.30 bits per heavy atom. The van der Waals surface area contributed by atoms with Gasteiger partial charge in [0.15, 0.2) is 0 Å². The van der Waals surface area contributed by atoms with Crippen LogP contribution >= 0.6 is 77.4 Å². The molecule has 0 aliphatic heterocycles. The van der Waals surface area contributed by atoms with E-state index in [1.807, 2.05) is 30.3 Å². The predicted octanol–water partition coefficient (Wildman–Crippen LogP) is 6.13. The first kappa shape index (κ1) is 22.1. The minimum atomic E-state index is -4.06. The van der Waals surface area contributed by atoms with Crippen LogP contribution in [0.4, 0.5) is 0 Å². The Kier molecular flexibility index (Phi) is 9.31. The van der Waals surface area contributed by atoms with Gasteiger partial charge in [0.25, 0.3) is 0 Å². The number of benzene rings is 1. The molecule has 0 fully saturated rings. The van der Waals surface area contributed by atoms with Crippen LogP contribution in [0.1, 0.15) is 5.56 Å². The maximum atomic E-state index is 12.5. The fourth-order valence-electron chi connectivity index (χ4n) is 1.34. The molecule has 132 valence electrons. The van der Waals surface area contributed by atoms with Crippen LogP contribution in [0.5, 0.6) is 0 Å². The summed E-state index contributed by atoms with van der Waals surface area (Å²) in [5.41, 5.74) is 0.974. The number of phosphoric ester groups is 1. The van der Waals surface area contributed by atoms with Gasteiger partial charge in [-0.3, -0.25) is 13.6 Å². The Labute approximate surface area is 164 Å². The van der Waals surface area contributed by atoms with Gasteiger partial charge in [-0.1, -0.05) is 99.9 Å². The van der Waals surface area contributed by atoms with E-state index in [0.29, 0.717) is 6.42 Å². The standard InChI is InChI=1S/C12H13Cl6O4P/c13-11(14,15)8-21-23(19,22-9-12(16,17)18)20-7-6-10-4-2-1-3-5-10/h1-5H,6-9H2. The van der Waals surface area contributed by atoms with E-state index >= 15 is 0 Å². The highest BCUT2D eigenvalue weighted by atomic mass is 35.6. The topological polar surface area (TPSA) is 44.8 Å². The summed E-state index contributed by atoms with van der Waals surface area (Å²) in [6.45, 7) is -0.985. The van der Waals surface area contributed by atoms with Crippen molar-refractivity contribution in [2.24, 2.45) is 0 Å². The molecule has 0 saturated heterocycles. The van der Waals surface area contributed by atoms with Crippen molar-refractivity contribution in [3.05, 3.63) is 35.9 Å². The van der Waals surface area contributed by atoms with Crippen molar-refractivity contribution in [3.63, 3.8) is 0 Å². The third kappa shape index (κ3) is 11.3. The summed E-state index contributed by atoms with van der Waals surface area (Å²) in [5, 5.41) is 0. The molecule has 11 heteroatoms. The molecule has 1 aromatic rings. The summed E-state index contributed by atoms with van der Waals surface area (Å²) in [7, 11) is -4.06. The second-order valence-corrected chi connectivity index (χ2v) is 11.0. The normalized spacial score (nSPS) is 13.3. The molecule has 0 aliphatic rings. The van der Waals surface area contributed by atoms with Crippen molar-refractivity contribution in [3.8, 4) is 0 Å². The van der Waals surface area contributed by atoms with Crippen LogP contribution in [0.15, 0.2) is 30.3 Å². The Balaban J connectivity index is 2.60. The molecule has 0 heterocycles. The number of hydrogen-bond acceptors (Lipinski definition) is 4. The first-order chi connectivity index (χ1) is 10.5. The average Bonchev–Trinajstić information content (AvgIpc) is 2.43. The average molecular weight is 465 g/mol. The minimum absolute atomic E-state index is 0.0427. The van der Waals surface area contributed by atoms with Crippen molar-refractivity contribution < 1.29 is 18.1 Å². The number of alkyl halides is 6. The van der Waals surface area contributed by atoms with Gasteiger partial charge in [-0.05, 0) is 12.0 Å². The molecule has 0 atom stereocenters. The second kappa shape index (κ2) is 9.68. The van der Waals surface area contributed by atoms with Crippen molar-refractivity contribution in [1.29, 1.82) is 0 Å². The highest BCUT2D eigenvalue weighted by molar-refractivity contribution is 7.48. The molecular weight excluding hydrogens is 452 g/mol. The van der Waals surface area contributed by atoms with Crippen LogP contribution in [0, 0.1) is 0 Å². The molecular formula is C12H13Cl6O4P. The maximum absolute atomic E-state index is 12.5. The molecule has 0 spiro atoms. The molecule has 0 radical (unpaired) electrons. The molecule has 0 unspecified atom stereocenters. The Bertz CT molecular complexity index is 495. The lowest BCUT2D eigenvalue weighted by atomic mass is 10.2. The largest absolute Gasteiger partial charge is 0.475 e. The molecule has 0 amide bonds. The van der Waals surface area contributed by atoms with Crippen LogP contribution in [-0.2, 0) is 24.6 Å². The Morgan fingerprint density at radius 3 is 1.74 bits per heavy atom. The van der Waals surface area contributed by atoms with Gasteiger partial charge in [-0.25, -0.2) is 4.57 Å². The summed E-state index contributed by atoms with van der Waals surface area (Å²) in [5.74, 6) is 0. The van der Waals surface area contributed by atoms with Gasteiger partial charge in [0, 0.05) is 0 Å². The van der Waals surface area contributed by atoms with Gasteiger partial charge < -0.3 is 0 Å². The fourth-order valence-corrected chi connectivity index (χ4v) is 3.36. The highest BCUT2D eigenvalue weighted by Crippen LogP contribution is 2.52. The number of rotatable bonds is 8. The fraction of sp³-hybridized carbons (Fsp3) is 0.500. The third-order valence-corrected chi connectivity index (χ3v) is 4.30. The van der Waals surface area contributed by atoms with Gasteiger partial charge >= 0.3 is 7.82 Å². The zero-order valence-corrected chi connectivity index (χ0v) is 17.0. The first-order valence-corrected chi connectivity index (χ1v) is 9.93. The molecule has 0 saturated carbocycles. The van der Waals surface area contributed by atoms with Crippen LogP contribution in [0.2, 0.25) is 0 Å². The summed E-state index contributed by atoms with van der Waals surface area (Å²) in [4.78, 5) is 0. The van der Waals surface area contributed by atoms with E-state index < -0.39 is 28.6 Å². The zero-order chi connectivity index (χ0) is 17.6. The van der Waals surface area contributed by atoms with E-state index in [2.05, 4.69) is 0 Å². The van der Waals surface area contributed by atoms with Gasteiger partial charge in [0.2, 0.25) is 7.59 Å². The SMILES string of the molecule is O=P(OCCc1ccccc1)(OCC(Cl)(Cl)Cl)OCC(Cl)(Cl)Cl. The van der Waals surface area contributed by atoms with Crippen LogP contribution in [0.3, 0.4) is 0 Å². The lowest BCUT2D eigenvalue weighted by Crippen LogP contribution is -2.17. The van der Waals surface area contributed by atoms with E-state index in [9.17, 15) is 4.57 Å². The van der Waals surface area contributed by atoms with Gasteiger partial charge in [0.05, 0.1) is 6.61 Å². The van der Waals surface area contributed by atoms with Gasteiger partial charge in [0.1, 0.15) is 13.2 Å². The van der Waals surface area contributed by atoms with Crippen LogP contribution in [0.25, 0.3) is 0 Å². The summed E-state index contributed by atoms with van der Waals surface area (Å²) in [6.07, 6.45) is 0.471. The smallest absolute Gasteiger partial charge is 0.287 e. The van der Waals surface area contributed by atoms with E-state index in [1.165, 1.54) is 0 Å². The van der Waals surface area contributed by atoms with Crippen molar-refractivity contribution >= 4 is 77.4 Å². The third-order valence-electron chi connectivity index (χ3n) is 2.26. The van der Waals surface area contributed by atoms with Crippen molar-refractivity contribution in [2.45, 2.75) is 14.0 Å². The van der Waals surface area contributed by atoms with Gasteiger partial charge in [-0.15, -0.1) is 0 Å².